The Bertz CT molecular complexity index is 1040. The second-order valence-corrected chi connectivity index (χ2v) is 10.5. The van der Waals surface area contributed by atoms with Gasteiger partial charge in [-0.25, -0.2) is 18.2 Å². The zero-order chi connectivity index (χ0) is 23.3. The average molecular weight is 497 g/mol. The van der Waals surface area contributed by atoms with E-state index < -0.39 is 16.0 Å². The van der Waals surface area contributed by atoms with Crippen LogP contribution in [0, 0.1) is 0 Å². The van der Waals surface area contributed by atoms with E-state index in [9.17, 15) is 13.2 Å². The minimum Gasteiger partial charge on any atom is -0.465 e. The van der Waals surface area contributed by atoms with Crippen molar-refractivity contribution in [2.24, 2.45) is 0 Å². The van der Waals surface area contributed by atoms with E-state index in [0.717, 1.165) is 13.1 Å². The van der Waals surface area contributed by atoms with Crippen LogP contribution >= 0.6 is 11.3 Å². The van der Waals surface area contributed by atoms with Gasteiger partial charge < -0.3 is 19.5 Å². The number of nitrogens with one attached hydrogen (secondary N) is 1. The third kappa shape index (κ3) is 5.53. The third-order valence-electron chi connectivity index (χ3n) is 5.68. The summed E-state index contributed by atoms with van der Waals surface area (Å²) in [5.74, 6) is -0.429. The number of esters is 1. The number of thiophene rings is 1. The second-order valence-electron chi connectivity index (χ2n) is 7.64. The minimum absolute atomic E-state index is 0.0370. The molecule has 0 radical (unpaired) electrons. The molecule has 0 aromatic carbocycles. The van der Waals surface area contributed by atoms with Gasteiger partial charge in [-0.05, 0) is 17.5 Å². The molecule has 0 spiro atoms. The molecule has 2 aliphatic heterocycles. The molecule has 2 saturated heterocycles. The van der Waals surface area contributed by atoms with Gasteiger partial charge in [0, 0.05) is 43.8 Å². The monoisotopic (exact) mass is 496 g/mol. The van der Waals surface area contributed by atoms with Crippen LogP contribution in [0.15, 0.2) is 34.7 Å². The zero-order valence-electron chi connectivity index (χ0n) is 18.4. The molecule has 33 heavy (non-hydrogen) atoms. The summed E-state index contributed by atoms with van der Waals surface area (Å²) in [6.45, 7) is 4.49. The number of morpholine rings is 2. The summed E-state index contributed by atoms with van der Waals surface area (Å²) in [5, 5.41) is 5.28. The highest BCUT2D eigenvalue weighted by molar-refractivity contribution is 7.89. The molecule has 10 nitrogen and oxygen atoms in total. The second kappa shape index (κ2) is 10.9. The van der Waals surface area contributed by atoms with Crippen LogP contribution in [0.5, 0.6) is 0 Å². The first-order chi connectivity index (χ1) is 16.0. The quantitative estimate of drug-likeness (QED) is 0.543. The molecule has 2 aromatic rings. The predicted octanol–water partition coefficient (Wildman–Crippen LogP) is 1.44. The van der Waals surface area contributed by atoms with Crippen molar-refractivity contribution in [3.8, 4) is 0 Å². The van der Waals surface area contributed by atoms with Crippen molar-refractivity contribution in [3.05, 3.63) is 40.2 Å². The molecule has 4 heterocycles. The van der Waals surface area contributed by atoms with Crippen molar-refractivity contribution in [3.63, 3.8) is 0 Å². The first kappa shape index (κ1) is 24.0. The number of hydrogen-bond acceptors (Lipinski definition) is 10. The van der Waals surface area contributed by atoms with Crippen LogP contribution in [0.25, 0.3) is 0 Å². The normalized spacial score (nSPS) is 19.2. The Kier molecular flexibility index (Phi) is 7.94. The number of aromatic nitrogens is 1. The van der Waals surface area contributed by atoms with E-state index in [2.05, 4.69) is 21.3 Å². The Morgan fingerprint density at radius 3 is 2.55 bits per heavy atom. The number of nitrogens with zero attached hydrogens (tertiary/aromatic N) is 3. The fourth-order valence-electron chi connectivity index (χ4n) is 3.90. The van der Waals surface area contributed by atoms with E-state index >= 15 is 0 Å². The molecule has 0 aliphatic carbocycles. The van der Waals surface area contributed by atoms with E-state index in [1.54, 1.807) is 11.3 Å². The van der Waals surface area contributed by atoms with E-state index in [1.807, 2.05) is 11.4 Å². The van der Waals surface area contributed by atoms with Gasteiger partial charge in [-0.15, -0.1) is 11.3 Å². The van der Waals surface area contributed by atoms with Gasteiger partial charge in [-0.1, -0.05) is 6.07 Å². The molecule has 1 atom stereocenters. The summed E-state index contributed by atoms with van der Waals surface area (Å²) < 4.78 is 43.8. The van der Waals surface area contributed by atoms with Gasteiger partial charge >= 0.3 is 5.97 Å². The Morgan fingerprint density at radius 1 is 1.21 bits per heavy atom. The summed E-state index contributed by atoms with van der Waals surface area (Å²) >= 11 is 1.66. The Labute approximate surface area is 197 Å². The molecule has 180 valence electrons. The highest BCUT2D eigenvalue weighted by Gasteiger charge is 2.31. The number of anilines is 1. The van der Waals surface area contributed by atoms with Gasteiger partial charge in [0.25, 0.3) is 0 Å². The highest BCUT2D eigenvalue weighted by Crippen LogP contribution is 2.29. The number of methoxy groups -OCH3 is 1. The lowest BCUT2D eigenvalue weighted by Crippen LogP contribution is -2.42. The molecular weight excluding hydrogens is 468 g/mol. The Morgan fingerprint density at radius 2 is 1.91 bits per heavy atom. The largest absolute Gasteiger partial charge is 0.465 e. The zero-order valence-corrected chi connectivity index (χ0v) is 20.1. The van der Waals surface area contributed by atoms with Crippen LogP contribution in [0.4, 0.5) is 5.82 Å². The van der Waals surface area contributed by atoms with Crippen molar-refractivity contribution in [1.29, 1.82) is 0 Å². The summed E-state index contributed by atoms with van der Waals surface area (Å²) in [6, 6.07) is 5.45. The van der Waals surface area contributed by atoms with Gasteiger partial charge in [0.05, 0.1) is 45.1 Å². The number of carbonyl (C=O) groups is 1. The summed E-state index contributed by atoms with van der Waals surface area (Å²) in [6.07, 6.45) is 1.33. The SMILES string of the molecule is COC(=O)c1cnc(NCC(c2cccs2)N2CCOCC2)c(S(=O)(=O)N2CCOCC2)c1. The first-order valence-corrected chi connectivity index (χ1v) is 13.1. The predicted molar refractivity (Wildman–Crippen MR) is 123 cm³/mol. The number of ether oxygens (including phenoxy) is 3. The smallest absolute Gasteiger partial charge is 0.339 e. The standard InChI is InChI=1S/C21H28N4O6S2/c1-29-21(26)16-13-19(33(27,28)25-6-10-31-11-7-25)20(22-14-16)23-15-17(18-3-2-12-32-18)24-4-8-30-9-5-24/h2-3,12-14,17H,4-11,15H2,1H3,(H,22,23). The van der Waals surface area contributed by atoms with Crippen molar-refractivity contribution in [2.45, 2.75) is 10.9 Å². The lowest BCUT2D eigenvalue weighted by molar-refractivity contribution is 0.0193. The van der Waals surface area contributed by atoms with Crippen molar-refractivity contribution in [1.82, 2.24) is 14.2 Å². The molecule has 1 unspecified atom stereocenters. The van der Waals surface area contributed by atoms with Gasteiger partial charge in [0.1, 0.15) is 10.7 Å². The minimum atomic E-state index is -3.89. The van der Waals surface area contributed by atoms with Crippen LogP contribution in [-0.4, -0.2) is 94.8 Å². The van der Waals surface area contributed by atoms with Gasteiger partial charge in [-0.2, -0.15) is 4.31 Å². The van der Waals surface area contributed by atoms with Gasteiger partial charge in [-0.3, -0.25) is 4.90 Å². The molecule has 2 aliphatic rings. The summed E-state index contributed by atoms with van der Waals surface area (Å²) in [5.41, 5.74) is 0.0814. The fourth-order valence-corrected chi connectivity index (χ4v) is 6.32. The number of carbonyl (C=O) groups excluding carboxylic acids is 1. The van der Waals surface area contributed by atoms with Gasteiger partial charge in [0.15, 0.2) is 0 Å². The fraction of sp³-hybridized carbons (Fsp3) is 0.524. The van der Waals surface area contributed by atoms with Gasteiger partial charge in [0.2, 0.25) is 10.0 Å². The molecule has 0 amide bonds. The molecule has 1 N–H and O–H groups in total. The summed E-state index contributed by atoms with van der Waals surface area (Å²) in [7, 11) is -2.65. The molecule has 0 saturated carbocycles. The lowest BCUT2D eigenvalue weighted by atomic mass is 10.2. The van der Waals surface area contributed by atoms with Crippen LogP contribution in [0.1, 0.15) is 21.3 Å². The molecule has 2 aromatic heterocycles. The first-order valence-electron chi connectivity index (χ1n) is 10.8. The van der Waals surface area contributed by atoms with E-state index in [0.29, 0.717) is 33.0 Å². The maximum Gasteiger partial charge on any atom is 0.339 e. The van der Waals surface area contributed by atoms with E-state index in [-0.39, 0.29) is 35.4 Å². The van der Waals surface area contributed by atoms with Crippen LogP contribution < -0.4 is 5.32 Å². The number of pyridine rings is 1. The average Bonchev–Trinajstić information content (AvgIpc) is 3.39. The molecule has 12 heteroatoms. The van der Waals surface area contributed by atoms with Crippen LogP contribution in [-0.2, 0) is 24.2 Å². The van der Waals surface area contributed by atoms with Crippen LogP contribution in [0.3, 0.4) is 0 Å². The highest BCUT2D eigenvalue weighted by atomic mass is 32.2. The Balaban J connectivity index is 1.63. The van der Waals surface area contributed by atoms with Crippen molar-refractivity contribution in [2.75, 3.05) is 71.6 Å². The maximum absolute atomic E-state index is 13.5. The van der Waals surface area contributed by atoms with Crippen molar-refractivity contribution >= 4 is 33.1 Å². The number of rotatable bonds is 8. The molecular formula is C21H28N4O6S2. The maximum atomic E-state index is 13.5. The van der Waals surface area contributed by atoms with Crippen molar-refractivity contribution < 1.29 is 27.4 Å². The molecule has 0 bridgehead atoms. The third-order valence-corrected chi connectivity index (χ3v) is 8.57. The topological polar surface area (TPSA) is 110 Å². The Hall–Kier alpha value is -2.09. The molecule has 2 fully saturated rings. The van der Waals surface area contributed by atoms with E-state index in [1.165, 1.54) is 28.6 Å². The van der Waals surface area contributed by atoms with Crippen LogP contribution in [0.2, 0.25) is 0 Å². The number of hydrogen-bond donors (Lipinski definition) is 1. The van der Waals surface area contributed by atoms with E-state index in [4.69, 9.17) is 14.2 Å². The number of sulfonamides is 1. The lowest BCUT2D eigenvalue weighted by Gasteiger charge is -2.34. The summed E-state index contributed by atoms with van der Waals surface area (Å²) in [4.78, 5) is 19.9. The molecule has 4 rings (SSSR count).